The fourth-order valence-corrected chi connectivity index (χ4v) is 2.44. The number of carbonyl (C=O) groups excluding carboxylic acids is 1. The molecule has 1 saturated carbocycles. The molecule has 0 amide bonds. The topological polar surface area (TPSA) is 70.1 Å². The van der Waals surface area contributed by atoms with Crippen LogP contribution in [0.2, 0.25) is 0 Å². The second-order valence-corrected chi connectivity index (χ2v) is 4.84. The van der Waals surface area contributed by atoms with Gasteiger partial charge in [-0.15, -0.1) is 0 Å². The minimum absolute atomic E-state index is 0.0202. The van der Waals surface area contributed by atoms with Gasteiger partial charge in [-0.3, -0.25) is 9.48 Å². The highest BCUT2D eigenvalue weighted by Gasteiger charge is 2.38. The third kappa shape index (κ3) is 2.07. The molecule has 1 heterocycles. The zero-order chi connectivity index (χ0) is 12.5. The number of ketones is 1. The van der Waals surface area contributed by atoms with Crippen molar-refractivity contribution in [3.05, 3.63) is 11.9 Å². The molecule has 5 heteroatoms. The Bertz CT molecular complexity index is 416. The molecule has 1 aromatic rings. The number of nitrogens with zero attached hydrogens (tertiary/aromatic N) is 2. The molecule has 17 heavy (non-hydrogen) atoms. The van der Waals surface area contributed by atoms with E-state index in [4.69, 9.17) is 10.5 Å². The van der Waals surface area contributed by atoms with Crippen LogP contribution in [-0.2, 0) is 7.05 Å². The average Bonchev–Trinajstić information content (AvgIpc) is 2.64. The highest BCUT2D eigenvalue weighted by Crippen LogP contribution is 2.44. The third-order valence-electron chi connectivity index (χ3n) is 3.77. The number of rotatable bonds is 5. The molecule has 0 radical (unpaired) electrons. The Labute approximate surface area is 101 Å². The number of hydrogen-bond acceptors (Lipinski definition) is 4. The number of ether oxygens (including phenoxy) is 1. The minimum atomic E-state index is 0.0202. The molecular weight excluding hydrogens is 218 g/mol. The van der Waals surface area contributed by atoms with Gasteiger partial charge in [0, 0.05) is 13.5 Å². The lowest BCUT2D eigenvalue weighted by Gasteiger charge is -2.40. The van der Waals surface area contributed by atoms with Gasteiger partial charge in [0.15, 0.2) is 11.5 Å². The summed E-state index contributed by atoms with van der Waals surface area (Å²) in [5.41, 5.74) is 6.34. The molecular formula is C12H19N3O2. The normalized spacial score (nSPS) is 17.6. The van der Waals surface area contributed by atoms with Crippen LogP contribution < -0.4 is 10.5 Å². The molecule has 2 rings (SSSR count). The van der Waals surface area contributed by atoms with Crippen LogP contribution in [0.4, 0.5) is 0 Å². The first-order valence-corrected chi connectivity index (χ1v) is 5.91. The number of aryl methyl sites for hydroxylation is 1. The van der Waals surface area contributed by atoms with Crippen molar-refractivity contribution in [2.75, 3.05) is 13.7 Å². The number of nitrogens with two attached hydrogens (primary N) is 1. The smallest absolute Gasteiger partial charge is 0.185 e. The van der Waals surface area contributed by atoms with Gasteiger partial charge < -0.3 is 10.5 Å². The van der Waals surface area contributed by atoms with Gasteiger partial charge in [0.1, 0.15) is 5.69 Å². The standard InChI is InChI=1S/C12H19N3O2/c1-15-11(10(17-2)7-14-15)9(16)6-12(8-13)4-3-5-12/h7H,3-6,8,13H2,1-2H3. The van der Waals surface area contributed by atoms with Gasteiger partial charge in [-0.05, 0) is 24.8 Å². The summed E-state index contributed by atoms with van der Waals surface area (Å²) in [5.74, 6) is 0.621. The van der Waals surface area contributed by atoms with Crippen molar-refractivity contribution in [3.63, 3.8) is 0 Å². The summed E-state index contributed by atoms with van der Waals surface area (Å²) in [6, 6.07) is 0. The molecule has 0 bridgehead atoms. The molecule has 0 spiro atoms. The van der Waals surface area contributed by atoms with Crippen molar-refractivity contribution in [1.29, 1.82) is 0 Å². The predicted molar refractivity (Wildman–Crippen MR) is 64.0 cm³/mol. The van der Waals surface area contributed by atoms with Crippen LogP contribution >= 0.6 is 0 Å². The van der Waals surface area contributed by atoms with E-state index in [1.807, 2.05) is 0 Å². The van der Waals surface area contributed by atoms with Gasteiger partial charge in [-0.1, -0.05) is 6.42 Å². The average molecular weight is 237 g/mol. The Kier molecular flexibility index (Phi) is 3.19. The lowest BCUT2D eigenvalue weighted by atomic mass is 9.66. The quantitative estimate of drug-likeness (QED) is 0.779. The molecule has 1 aliphatic rings. The second kappa shape index (κ2) is 4.49. The lowest BCUT2D eigenvalue weighted by molar-refractivity contribution is 0.0774. The molecule has 2 N–H and O–H groups in total. The summed E-state index contributed by atoms with van der Waals surface area (Å²) < 4.78 is 6.73. The number of carbonyl (C=O) groups is 1. The largest absolute Gasteiger partial charge is 0.493 e. The molecule has 0 saturated heterocycles. The van der Waals surface area contributed by atoms with Crippen LogP contribution in [-0.4, -0.2) is 29.2 Å². The van der Waals surface area contributed by atoms with Gasteiger partial charge in [0.2, 0.25) is 0 Å². The van der Waals surface area contributed by atoms with Crippen molar-refractivity contribution in [1.82, 2.24) is 9.78 Å². The molecule has 1 fully saturated rings. The van der Waals surface area contributed by atoms with Crippen molar-refractivity contribution in [2.45, 2.75) is 25.7 Å². The summed E-state index contributed by atoms with van der Waals surface area (Å²) in [6.07, 6.45) is 5.35. The van der Waals surface area contributed by atoms with E-state index in [0.717, 1.165) is 12.8 Å². The zero-order valence-corrected chi connectivity index (χ0v) is 10.4. The molecule has 0 aliphatic heterocycles. The third-order valence-corrected chi connectivity index (χ3v) is 3.77. The zero-order valence-electron chi connectivity index (χ0n) is 10.4. The van der Waals surface area contributed by atoms with E-state index in [9.17, 15) is 4.79 Å². The van der Waals surface area contributed by atoms with Gasteiger partial charge in [0.05, 0.1) is 13.3 Å². The molecule has 0 unspecified atom stereocenters. The van der Waals surface area contributed by atoms with Crippen molar-refractivity contribution in [2.24, 2.45) is 18.2 Å². The maximum atomic E-state index is 12.3. The van der Waals surface area contributed by atoms with Crippen LogP contribution in [0.25, 0.3) is 0 Å². The van der Waals surface area contributed by atoms with Gasteiger partial charge in [0.25, 0.3) is 0 Å². The summed E-state index contributed by atoms with van der Waals surface area (Å²) in [6.45, 7) is 0.582. The Morgan fingerprint density at radius 3 is 2.82 bits per heavy atom. The summed E-state index contributed by atoms with van der Waals surface area (Å²) >= 11 is 0. The van der Waals surface area contributed by atoms with E-state index >= 15 is 0 Å². The van der Waals surface area contributed by atoms with Crippen molar-refractivity contribution in [3.8, 4) is 5.75 Å². The van der Waals surface area contributed by atoms with Gasteiger partial charge in [-0.2, -0.15) is 5.10 Å². The van der Waals surface area contributed by atoms with Crippen LogP contribution in [0.5, 0.6) is 5.75 Å². The van der Waals surface area contributed by atoms with Crippen LogP contribution in [0.15, 0.2) is 6.20 Å². The SMILES string of the molecule is COc1cnn(C)c1C(=O)CC1(CN)CCC1. The minimum Gasteiger partial charge on any atom is -0.493 e. The number of Topliss-reactive ketones (excluding diaryl/α,β-unsaturated/α-hetero) is 1. The summed E-state index contributed by atoms with van der Waals surface area (Å²) in [5, 5.41) is 4.05. The van der Waals surface area contributed by atoms with Crippen LogP contribution in [0, 0.1) is 5.41 Å². The number of aromatic nitrogens is 2. The Morgan fingerprint density at radius 2 is 2.35 bits per heavy atom. The summed E-state index contributed by atoms with van der Waals surface area (Å²) in [7, 11) is 3.31. The molecule has 0 atom stereocenters. The van der Waals surface area contributed by atoms with E-state index in [-0.39, 0.29) is 11.2 Å². The second-order valence-electron chi connectivity index (χ2n) is 4.84. The first kappa shape index (κ1) is 12.1. The summed E-state index contributed by atoms with van der Waals surface area (Å²) in [4.78, 5) is 12.3. The van der Waals surface area contributed by atoms with E-state index in [1.54, 1.807) is 25.0 Å². The monoisotopic (exact) mass is 237 g/mol. The van der Waals surface area contributed by atoms with E-state index < -0.39 is 0 Å². The first-order chi connectivity index (χ1) is 8.12. The van der Waals surface area contributed by atoms with E-state index in [2.05, 4.69) is 5.10 Å². The van der Waals surface area contributed by atoms with Crippen molar-refractivity contribution >= 4 is 5.78 Å². The van der Waals surface area contributed by atoms with Gasteiger partial charge in [-0.25, -0.2) is 0 Å². The van der Waals surface area contributed by atoms with Crippen molar-refractivity contribution < 1.29 is 9.53 Å². The number of hydrogen-bond donors (Lipinski definition) is 1. The first-order valence-electron chi connectivity index (χ1n) is 5.91. The van der Waals surface area contributed by atoms with Crippen LogP contribution in [0.1, 0.15) is 36.2 Å². The fourth-order valence-electron chi connectivity index (χ4n) is 2.44. The molecule has 1 aromatic heterocycles. The fraction of sp³-hybridized carbons (Fsp3) is 0.667. The molecule has 5 nitrogen and oxygen atoms in total. The predicted octanol–water partition coefficient (Wildman–Crippen LogP) is 1.13. The highest BCUT2D eigenvalue weighted by atomic mass is 16.5. The molecule has 94 valence electrons. The maximum Gasteiger partial charge on any atom is 0.185 e. The molecule has 1 aliphatic carbocycles. The van der Waals surface area contributed by atoms with E-state index in [0.29, 0.717) is 24.4 Å². The Morgan fingerprint density at radius 1 is 1.65 bits per heavy atom. The Hall–Kier alpha value is -1.36. The number of methoxy groups -OCH3 is 1. The molecule has 0 aromatic carbocycles. The van der Waals surface area contributed by atoms with Gasteiger partial charge >= 0.3 is 0 Å². The Balaban J connectivity index is 2.16. The lowest BCUT2D eigenvalue weighted by Crippen LogP contribution is -2.39. The van der Waals surface area contributed by atoms with E-state index in [1.165, 1.54) is 6.42 Å². The van der Waals surface area contributed by atoms with Crippen LogP contribution in [0.3, 0.4) is 0 Å². The maximum absolute atomic E-state index is 12.3. The highest BCUT2D eigenvalue weighted by molar-refractivity contribution is 5.97.